The number of ether oxygens (including phenoxy) is 3. The lowest BCUT2D eigenvalue weighted by molar-refractivity contribution is -0.149. The van der Waals surface area contributed by atoms with Gasteiger partial charge in [-0.1, -0.05) is 48.5 Å². The number of aliphatic carboxylic acids is 1. The Kier molecular flexibility index (Phi) is 7.09. The van der Waals surface area contributed by atoms with Crippen LogP contribution in [0, 0.1) is 5.41 Å². The van der Waals surface area contributed by atoms with E-state index in [1.54, 1.807) is 6.92 Å². The third-order valence-corrected chi connectivity index (χ3v) is 7.00. The molecule has 0 saturated carbocycles. The van der Waals surface area contributed by atoms with E-state index in [0.717, 1.165) is 22.3 Å². The average molecular weight is 483 g/mol. The maximum absolute atomic E-state index is 13.0. The molecular weight excluding hydrogens is 452 g/mol. The van der Waals surface area contributed by atoms with Gasteiger partial charge in [-0.05, 0) is 36.1 Å². The average Bonchev–Trinajstić information content (AvgIpc) is 3.39. The number of carboxylic acids is 1. The van der Waals surface area contributed by atoms with Gasteiger partial charge in [0.25, 0.3) is 0 Å². The van der Waals surface area contributed by atoms with Gasteiger partial charge in [-0.3, -0.25) is 9.59 Å². The summed E-state index contributed by atoms with van der Waals surface area (Å²) in [5.41, 5.74) is 3.12. The third kappa shape index (κ3) is 4.74. The van der Waals surface area contributed by atoms with Crippen LogP contribution in [0.15, 0.2) is 48.5 Å². The van der Waals surface area contributed by atoms with Crippen molar-refractivity contribution in [1.29, 1.82) is 0 Å². The van der Waals surface area contributed by atoms with Gasteiger partial charge in [0.2, 0.25) is 5.91 Å². The van der Waals surface area contributed by atoms with E-state index >= 15 is 0 Å². The fourth-order valence-corrected chi connectivity index (χ4v) is 4.65. The van der Waals surface area contributed by atoms with Gasteiger partial charge in [-0.2, -0.15) is 0 Å². The van der Waals surface area contributed by atoms with Crippen molar-refractivity contribution in [2.75, 3.05) is 26.9 Å². The molecule has 9 heteroatoms. The predicted molar refractivity (Wildman–Crippen MR) is 127 cm³/mol. The lowest BCUT2D eigenvalue weighted by Crippen LogP contribution is -2.58. The second-order valence-electron chi connectivity index (χ2n) is 9.19. The number of methoxy groups -OCH3 is 1. The van der Waals surface area contributed by atoms with Crippen molar-refractivity contribution in [3.63, 3.8) is 0 Å². The first-order chi connectivity index (χ1) is 16.8. The highest BCUT2D eigenvalue weighted by Crippen LogP contribution is 2.44. The number of carboxylic acid groups (broad SMARTS) is 1. The SMILES string of the molecule is CO[C@H](C)[C@H](NC(=O)OCC1c2ccccc2-c2ccccc21)C(=O)NC1COCC1(C)C(=O)O. The number of amides is 2. The van der Waals surface area contributed by atoms with Crippen LogP contribution in [0.5, 0.6) is 0 Å². The fraction of sp³-hybridized carbons (Fsp3) is 0.423. The van der Waals surface area contributed by atoms with Crippen LogP contribution < -0.4 is 10.6 Å². The van der Waals surface area contributed by atoms with Crippen LogP contribution in [-0.2, 0) is 23.8 Å². The Hall–Kier alpha value is -3.43. The number of carbonyl (C=O) groups excluding carboxylic acids is 2. The molecule has 2 amide bonds. The van der Waals surface area contributed by atoms with E-state index in [1.165, 1.54) is 14.0 Å². The molecule has 2 aromatic rings. The van der Waals surface area contributed by atoms with Gasteiger partial charge in [0.1, 0.15) is 18.1 Å². The maximum atomic E-state index is 13.0. The summed E-state index contributed by atoms with van der Waals surface area (Å²) in [5.74, 6) is -1.76. The number of hydrogen-bond acceptors (Lipinski definition) is 6. The van der Waals surface area contributed by atoms with Crippen molar-refractivity contribution in [1.82, 2.24) is 10.6 Å². The van der Waals surface area contributed by atoms with Crippen LogP contribution >= 0.6 is 0 Å². The normalized spacial score (nSPS) is 22.5. The standard InChI is InChI=1S/C26H30N2O7/c1-15(33-3)22(23(29)27-21-13-34-14-26(21,2)24(30)31)28-25(32)35-12-20-18-10-6-4-8-16(18)17-9-5-7-11-19(17)20/h4-11,15,20-22H,12-14H2,1-3H3,(H,27,29)(H,28,32)(H,30,31)/t15-,21?,22+,26?/m1/s1. The lowest BCUT2D eigenvalue weighted by Gasteiger charge is -2.29. The van der Waals surface area contributed by atoms with Gasteiger partial charge in [-0.25, -0.2) is 4.79 Å². The van der Waals surface area contributed by atoms with Crippen molar-refractivity contribution in [3.05, 3.63) is 59.7 Å². The van der Waals surface area contributed by atoms with Gasteiger partial charge in [0.15, 0.2) is 0 Å². The molecule has 9 nitrogen and oxygen atoms in total. The minimum Gasteiger partial charge on any atom is -0.481 e. The Morgan fingerprint density at radius 3 is 2.29 bits per heavy atom. The largest absolute Gasteiger partial charge is 0.481 e. The number of benzene rings is 2. The molecule has 3 N–H and O–H groups in total. The van der Waals surface area contributed by atoms with Gasteiger partial charge < -0.3 is 30.0 Å². The predicted octanol–water partition coefficient (Wildman–Crippen LogP) is 2.53. The van der Waals surface area contributed by atoms with Crippen molar-refractivity contribution in [3.8, 4) is 11.1 Å². The van der Waals surface area contributed by atoms with E-state index in [1.807, 2.05) is 48.5 Å². The van der Waals surface area contributed by atoms with Crippen LogP contribution in [-0.4, -0.2) is 68.2 Å². The summed E-state index contributed by atoms with van der Waals surface area (Å²) in [4.78, 5) is 37.5. The third-order valence-electron chi connectivity index (χ3n) is 7.00. The van der Waals surface area contributed by atoms with Gasteiger partial charge in [0, 0.05) is 13.0 Å². The first kappa shape index (κ1) is 24.7. The summed E-state index contributed by atoms with van der Waals surface area (Å²) >= 11 is 0. The minimum atomic E-state index is -1.26. The van der Waals surface area contributed by atoms with Gasteiger partial charge >= 0.3 is 12.1 Å². The molecule has 1 heterocycles. The van der Waals surface area contributed by atoms with E-state index < -0.39 is 41.6 Å². The zero-order chi connectivity index (χ0) is 25.2. The Labute approximate surface area is 203 Å². The lowest BCUT2D eigenvalue weighted by atomic mass is 9.85. The highest BCUT2D eigenvalue weighted by molar-refractivity contribution is 5.87. The summed E-state index contributed by atoms with van der Waals surface area (Å²) in [7, 11) is 1.42. The van der Waals surface area contributed by atoms with Gasteiger partial charge in [0.05, 0.1) is 25.4 Å². The van der Waals surface area contributed by atoms with Crippen LogP contribution in [0.3, 0.4) is 0 Å². The highest BCUT2D eigenvalue weighted by Gasteiger charge is 2.48. The Balaban J connectivity index is 1.43. The number of rotatable bonds is 8. The number of carbonyl (C=O) groups is 3. The molecule has 186 valence electrons. The Morgan fingerprint density at radius 2 is 1.71 bits per heavy atom. The van der Waals surface area contributed by atoms with Crippen molar-refractivity contribution < 1.29 is 33.7 Å². The zero-order valence-corrected chi connectivity index (χ0v) is 19.9. The van der Waals surface area contributed by atoms with Crippen LogP contribution in [0.1, 0.15) is 30.9 Å². The van der Waals surface area contributed by atoms with Crippen molar-refractivity contribution >= 4 is 18.0 Å². The molecule has 2 aromatic carbocycles. The molecular formula is C26H30N2O7. The molecule has 1 saturated heterocycles. The van der Waals surface area contributed by atoms with E-state index in [2.05, 4.69) is 10.6 Å². The number of alkyl carbamates (subject to hydrolysis) is 1. The van der Waals surface area contributed by atoms with Crippen molar-refractivity contribution in [2.45, 2.75) is 38.0 Å². The second-order valence-corrected chi connectivity index (χ2v) is 9.19. The first-order valence-corrected chi connectivity index (χ1v) is 11.5. The molecule has 1 aliphatic carbocycles. The molecule has 4 atom stereocenters. The Bertz CT molecular complexity index is 1070. The zero-order valence-electron chi connectivity index (χ0n) is 19.9. The molecule has 0 aromatic heterocycles. The second kappa shape index (κ2) is 10.1. The van der Waals surface area contributed by atoms with E-state index in [-0.39, 0.29) is 25.7 Å². The summed E-state index contributed by atoms with van der Waals surface area (Å²) in [6.07, 6.45) is -1.45. The molecule has 35 heavy (non-hydrogen) atoms. The molecule has 2 unspecified atom stereocenters. The monoisotopic (exact) mass is 482 g/mol. The topological polar surface area (TPSA) is 123 Å². The molecule has 1 fully saturated rings. The maximum Gasteiger partial charge on any atom is 0.407 e. The molecule has 2 aliphatic rings. The smallest absolute Gasteiger partial charge is 0.407 e. The number of hydrogen-bond donors (Lipinski definition) is 3. The van der Waals surface area contributed by atoms with E-state index in [0.29, 0.717) is 0 Å². The Morgan fingerprint density at radius 1 is 1.11 bits per heavy atom. The molecule has 0 spiro atoms. The molecule has 0 bridgehead atoms. The van der Waals surface area contributed by atoms with Gasteiger partial charge in [-0.15, -0.1) is 0 Å². The minimum absolute atomic E-state index is 0.0163. The molecule has 0 radical (unpaired) electrons. The number of fused-ring (bicyclic) bond motifs is 3. The highest BCUT2D eigenvalue weighted by atomic mass is 16.5. The molecule has 4 rings (SSSR count). The first-order valence-electron chi connectivity index (χ1n) is 11.5. The van der Waals surface area contributed by atoms with Crippen LogP contribution in [0.4, 0.5) is 4.79 Å². The molecule has 1 aliphatic heterocycles. The summed E-state index contributed by atoms with van der Waals surface area (Å²) < 4.78 is 16.1. The van der Waals surface area contributed by atoms with E-state index in [4.69, 9.17) is 14.2 Å². The summed E-state index contributed by atoms with van der Waals surface area (Å²) in [6.45, 7) is 3.30. The number of nitrogens with one attached hydrogen (secondary N) is 2. The summed E-state index contributed by atoms with van der Waals surface area (Å²) in [5, 5.41) is 14.8. The quantitative estimate of drug-likeness (QED) is 0.528. The van der Waals surface area contributed by atoms with E-state index in [9.17, 15) is 19.5 Å². The van der Waals surface area contributed by atoms with Crippen LogP contribution in [0.2, 0.25) is 0 Å². The fourth-order valence-electron chi connectivity index (χ4n) is 4.65. The van der Waals surface area contributed by atoms with Crippen molar-refractivity contribution in [2.24, 2.45) is 5.41 Å². The van der Waals surface area contributed by atoms with Crippen LogP contribution in [0.25, 0.3) is 11.1 Å². The summed E-state index contributed by atoms with van der Waals surface area (Å²) in [6, 6.07) is 14.2.